The third kappa shape index (κ3) is 3.00. The summed E-state index contributed by atoms with van der Waals surface area (Å²) in [4.78, 5) is 0. The average Bonchev–Trinajstić information content (AvgIpc) is 2.45. The minimum atomic E-state index is 0.759. The molecule has 1 aromatic rings. The smallest absolute Gasteiger partial charge is 0.123 e. The number of hydrogen-bond donors (Lipinski definition) is 1. The zero-order valence-electron chi connectivity index (χ0n) is 8.64. The number of halogens is 1. The molecule has 1 aromatic carbocycles. The number of hydrogen-bond acceptors (Lipinski definition) is 2. The second-order valence-electron chi connectivity index (χ2n) is 2.78. The Bertz CT molecular complexity index is 289. The van der Waals surface area contributed by atoms with Crippen LogP contribution in [-0.4, -0.2) is 13.2 Å². The van der Waals surface area contributed by atoms with E-state index in [1.807, 2.05) is 26.0 Å². The zero-order chi connectivity index (χ0) is 10.4. The summed E-state index contributed by atoms with van der Waals surface area (Å²) >= 11 is 3.43. The van der Waals surface area contributed by atoms with Gasteiger partial charge in [-0.15, -0.1) is 0 Å². The van der Waals surface area contributed by atoms with E-state index in [1.54, 1.807) is 0 Å². The van der Waals surface area contributed by atoms with Gasteiger partial charge in [-0.1, -0.05) is 29.8 Å². The van der Waals surface area contributed by atoms with Crippen LogP contribution in [0.2, 0.25) is 0 Å². The Kier molecular flexibility index (Phi) is 4.98. The van der Waals surface area contributed by atoms with Crippen LogP contribution in [-0.2, 0) is 6.54 Å². The SMILES string of the molecule is Brc1ccc2c(c1)CNCCO2.CC. The van der Waals surface area contributed by atoms with Crippen molar-refractivity contribution in [1.29, 1.82) is 0 Å². The first-order valence-electron chi connectivity index (χ1n) is 4.98. The number of ether oxygens (including phenoxy) is 1. The highest BCUT2D eigenvalue weighted by molar-refractivity contribution is 9.10. The summed E-state index contributed by atoms with van der Waals surface area (Å²) < 4.78 is 6.63. The van der Waals surface area contributed by atoms with E-state index < -0.39 is 0 Å². The molecule has 0 aromatic heterocycles. The Balaban J connectivity index is 0.000000461. The van der Waals surface area contributed by atoms with E-state index in [4.69, 9.17) is 4.74 Å². The Morgan fingerprint density at radius 3 is 2.93 bits per heavy atom. The van der Waals surface area contributed by atoms with Gasteiger partial charge in [0.25, 0.3) is 0 Å². The molecule has 2 rings (SSSR count). The lowest BCUT2D eigenvalue weighted by molar-refractivity contribution is 0.325. The predicted octanol–water partition coefficient (Wildman–Crippen LogP) is 2.96. The van der Waals surface area contributed by atoms with Crippen molar-refractivity contribution in [3.8, 4) is 5.75 Å². The lowest BCUT2D eigenvalue weighted by Crippen LogP contribution is -2.16. The van der Waals surface area contributed by atoms with Gasteiger partial charge in [0, 0.05) is 23.1 Å². The van der Waals surface area contributed by atoms with Gasteiger partial charge in [0.1, 0.15) is 12.4 Å². The quantitative estimate of drug-likeness (QED) is 0.772. The maximum Gasteiger partial charge on any atom is 0.123 e. The lowest BCUT2D eigenvalue weighted by Gasteiger charge is -2.05. The Labute approximate surface area is 93.8 Å². The van der Waals surface area contributed by atoms with Crippen molar-refractivity contribution in [2.75, 3.05) is 13.2 Å². The van der Waals surface area contributed by atoms with Crippen molar-refractivity contribution < 1.29 is 4.74 Å². The fourth-order valence-electron chi connectivity index (χ4n) is 1.28. The molecule has 0 radical (unpaired) electrons. The monoisotopic (exact) mass is 257 g/mol. The molecule has 1 aliphatic rings. The summed E-state index contributed by atoms with van der Waals surface area (Å²) in [7, 11) is 0. The molecular weight excluding hydrogens is 242 g/mol. The minimum Gasteiger partial charge on any atom is -0.492 e. The molecule has 3 heteroatoms. The summed E-state index contributed by atoms with van der Waals surface area (Å²) in [5.74, 6) is 1.00. The van der Waals surface area contributed by atoms with Crippen LogP contribution in [0, 0.1) is 0 Å². The first-order chi connectivity index (χ1) is 6.86. The average molecular weight is 258 g/mol. The molecule has 0 amide bonds. The molecule has 1 N–H and O–H groups in total. The van der Waals surface area contributed by atoms with Crippen LogP contribution in [0.25, 0.3) is 0 Å². The van der Waals surface area contributed by atoms with Gasteiger partial charge in [-0.3, -0.25) is 0 Å². The van der Waals surface area contributed by atoms with Gasteiger partial charge < -0.3 is 10.1 Å². The molecule has 78 valence electrons. The molecule has 1 aliphatic heterocycles. The molecule has 0 bridgehead atoms. The van der Waals surface area contributed by atoms with E-state index in [-0.39, 0.29) is 0 Å². The number of rotatable bonds is 0. The highest BCUT2D eigenvalue weighted by Gasteiger charge is 2.07. The van der Waals surface area contributed by atoms with Crippen molar-refractivity contribution in [3.05, 3.63) is 28.2 Å². The third-order valence-corrected chi connectivity index (χ3v) is 2.37. The highest BCUT2D eigenvalue weighted by atomic mass is 79.9. The van der Waals surface area contributed by atoms with Crippen LogP contribution in [0.4, 0.5) is 0 Å². The molecule has 14 heavy (non-hydrogen) atoms. The molecule has 0 saturated carbocycles. The van der Waals surface area contributed by atoms with Crippen LogP contribution in [0.1, 0.15) is 19.4 Å². The van der Waals surface area contributed by atoms with E-state index in [0.717, 1.165) is 29.9 Å². The van der Waals surface area contributed by atoms with E-state index in [9.17, 15) is 0 Å². The van der Waals surface area contributed by atoms with Gasteiger partial charge in [0.05, 0.1) is 0 Å². The van der Waals surface area contributed by atoms with Gasteiger partial charge in [-0.2, -0.15) is 0 Å². The maximum atomic E-state index is 5.52. The fraction of sp³-hybridized carbons (Fsp3) is 0.455. The van der Waals surface area contributed by atoms with Gasteiger partial charge in [-0.25, -0.2) is 0 Å². The Morgan fingerprint density at radius 1 is 1.36 bits per heavy atom. The first kappa shape index (κ1) is 11.5. The van der Waals surface area contributed by atoms with Crippen molar-refractivity contribution in [2.24, 2.45) is 0 Å². The van der Waals surface area contributed by atoms with Crippen LogP contribution in [0.5, 0.6) is 5.75 Å². The molecule has 0 atom stereocenters. The Morgan fingerprint density at radius 2 is 2.14 bits per heavy atom. The minimum absolute atomic E-state index is 0.759. The Hall–Kier alpha value is -0.540. The fourth-order valence-corrected chi connectivity index (χ4v) is 1.69. The number of fused-ring (bicyclic) bond motifs is 1. The van der Waals surface area contributed by atoms with Crippen molar-refractivity contribution >= 4 is 15.9 Å². The lowest BCUT2D eigenvalue weighted by atomic mass is 10.2. The third-order valence-electron chi connectivity index (χ3n) is 1.87. The van der Waals surface area contributed by atoms with Gasteiger partial charge in [0.15, 0.2) is 0 Å². The number of nitrogens with one attached hydrogen (secondary N) is 1. The van der Waals surface area contributed by atoms with Crippen molar-refractivity contribution in [3.63, 3.8) is 0 Å². The van der Waals surface area contributed by atoms with Crippen molar-refractivity contribution in [2.45, 2.75) is 20.4 Å². The van der Waals surface area contributed by atoms with Gasteiger partial charge in [0.2, 0.25) is 0 Å². The summed E-state index contributed by atoms with van der Waals surface area (Å²) in [5.41, 5.74) is 1.22. The highest BCUT2D eigenvalue weighted by Crippen LogP contribution is 2.23. The largest absolute Gasteiger partial charge is 0.492 e. The molecule has 0 unspecified atom stereocenters. The molecule has 0 fully saturated rings. The number of benzene rings is 1. The van der Waals surface area contributed by atoms with Crippen LogP contribution in [0.15, 0.2) is 22.7 Å². The molecule has 0 spiro atoms. The van der Waals surface area contributed by atoms with Crippen LogP contribution < -0.4 is 10.1 Å². The van der Waals surface area contributed by atoms with Crippen molar-refractivity contribution in [1.82, 2.24) is 5.32 Å². The molecule has 0 aliphatic carbocycles. The predicted molar refractivity (Wildman–Crippen MR) is 62.7 cm³/mol. The summed E-state index contributed by atoms with van der Waals surface area (Å²) in [6.45, 7) is 6.58. The summed E-state index contributed by atoms with van der Waals surface area (Å²) in [5, 5.41) is 3.28. The summed E-state index contributed by atoms with van der Waals surface area (Å²) in [6.07, 6.45) is 0. The normalized spacial score (nSPS) is 14.2. The van der Waals surface area contributed by atoms with E-state index in [0.29, 0.717) is 0 Å². The van der Waals surface area contributed by atoms with Gasteiger partial charge >= 0.3 is 0 Å². The van der Waals surface area contributed by atoms with E-state index in [2.05, 4.69) is 27.3 Å². The maximum absolute atomic E-state index is 5.52. The van der Waals surface area contributed by atoms with Crippen LogP contribution in [0.3, 0.4) is 0 Å². The molecule has 1 heterocycles. The zero-order valence-corrected chi connectivity index (χ0v) is 10.2. The second kappa shape index (κ2) is 6.04. The molecular formula is C11H16BrNO. The topological polar surface area (TPSA) is 21.3 Å². The van der Waals surface area contributed by atoms with E-state index in [1.165, 1.54) is 5.56 Å². The van der Waals surface area contributed by atoms with Crippen LogP contribution >= 0.6 is 15.9 Å². The molecule has 2 nitrogen and oxygen atoms in total. The standard InChI is InChI=1S/C9H10BrNO.C2H6/c10-8-1-2-9-7(5-8)6-11-3-4-12-9;1-2/h1-2,5,11H,3-4,6H2;1-2H3. The van der Waals surface area contributed by atoms with Gasteiger partial charge in [-0.05, 0) is 18.2 Å². The summed E-state index contributed by atoms with van der Waals surface area (Å²) in [6, 6.07) is 6.10. The second-order valence-corrected chi connectivity index (χ2v) is 3.69. The first-order valence-corrected chi connectivity index (χ1v) is 5.77. The van der Waals surface area contributed by atoms with E-state index >= 15 is 0 Å². The molecule has 0 saturated heterocycles.